The molecule has 0 saturated carbocycles. The Balaban J connectivity index is 2.03. The average Bonchev–Trinajstić information content (AvgIpc) is 2.94. The standard InChI is InChI=1S/C16H13ClN2O2/c17-12-8-6-11(7-9-12)14-13(10-4-2-1-3-5-10)15(16(18)20)21-19-14/h1-9,13,15H,(H2,18,20)/t13-,15-/m0/s1. The molecule has 0 aliphatic carbocycles. The molecule has 0 spiro atoms. The molecule has 5 heteroatoms. The number of benzene rings is 2. The van der Waals surface area contributed by atoms with Gasteiger partial charge in [-0.05, 0) is 17.7 Å². The second-order valence-electron chi connectivity index (χ2n) is 4.80. The largest absolute Gasteiger partial charge is 0.381 e. The van der Waals surface area contributed by atoms with E-state index in [1.807, 2.05) is 42.5 Å². The van der Waals surface area contributed by atoms with Crippen LogP contribution in [0, 0.1) is 0 Å². The van der Waals surface area contributed by atoms with Crippen LogP contribution in [0.5, 0.6) is 0 Å². The Labute approximate surface area is 127 Å². The summed E-state index contributed by atoms with van der Waals surface area (Å²) in [6.07, 6.45) is -0.793. The van der Waals surface area contributed by atoms with E-state index in [0.29, 0.717) is 10.7 Å². The van der Waals surface area contributed by atoms with Crippen LogP contribution in [0.4, 0.5) is 0 Å². The van der Waals surface area contributed by atoms with Crippen molar-refractivity contribution in [1.82, 2.24) is 0 Å². The van der Waals surface area contributed by atoms with Gasteiger partial charge in [-0.25, -0.2) is 0 Å². The minimum Gasteiger partial charge on any atom is -0.381 e. The maximum absolute atomic E-state index is 11.6. The summed E-state index contributed by atoms with van der Waals surface area (Å²) in [4.78, 5) is 16.9. The first-order valence-electron chi connectivity index (χ1n) is 6.51. The van der Waals surface area contributed by atoms with Crippen molar-refractivity contribution in [3.05, 3.63) is 70.7 Å². The smallest absolute Gasteiger partial charge is 0.262 e. The van der Waals surface area contributed by atoms with E-state index >= 15 is 0 Å². The van der Waals surface area contributed by atoms with Crippen molar-refractivity contribution in [2.24, 2.45) is 10.9 Å². The molecule has 0 bridgehead atoms. The molecule has 1 amide bonds. The van der Waals surface area contributed by atoms with E-state index in [-0.39, 0.29) is 5.92 Å². The fraction of sp³-hybridized carbons (Fsp3) is 0.125. The van der Waals surface area contributed by atoms with Crippen LogP contribution in [0.25, 0.3) is 0 Å². The van der Waals surface area contributed by atoms with Gasteiger partial charge in [0.25, 0.3) is 5.91 Å². The van der Waals surface area contributed by atoms with Gasteiger partial charge in [-0.15, -0.1) is 0 Å². The number of oxime groups is 1. The van der Waals surface area contributed by atoms with Gasteiger partial charge in [-0.3, -0.25) is 4.79 Å². The van der Waals surface area contributed by atoms with Crippen LogP contribution in [0.3, 0.4) is 0 Å². The van der Waals surface area contributed by atoms with E-state index in [1.54, 1.807) is 12.1 Å². The third kappa shape index (κ3) is 2.62. The molecular weight excluding hydrogens is 288 g/mol. The number of nitrogens with zero attached hydrogens (tertiary/aromatic N) is 1. The number of nitrogens with two attached hydrogens (primary N) is 1. The molecule has 0 fully saturated rings. The summed E-state index contributed by atoms with van der Waals surface area (Å²) < 4.78 is 0. The number of amides is 1. The van der Waals surface area contributed by atoms with Gasteiger partial charge in [0, 0.05) is 10.6 Å². The third-order valence-electron chi connectivity index (χ3n) is 3.44. The predicted octanol–water partition coefficient (Wildman–Crippen LogP) is 2.71. The zero-order valence-electron chi connectivity index (χ0n) is 11.1. The molecule has 1 aliphatic heterocycles. The van der Waals surface area contributed by atoms with Crippen LogP contribution in [0.15, 0.2) is 59.8 Å². The Morgan fingerprint density at radius 3 is 2.38 bits per heavy atom. The van der Waals surface area contributed by atoms with Crippen molar-refractivity contribution in [1.29, 1.82) is 0 Å². The Bertz CT molecular complexity index is 683. The van der Waals surface area contributed by atoms with Gasteiger partial charge < -0.3 is 10.6 Å². The lowest BCUT2D eigenvalue weighted by Gasteiger charge is -2.16. The van der Waals surface area contributed by atoms with E-state index in [1.165, 1.54) is 0 Å². The molecule has 106 valence electrons. The van der Waals surface area contributed by atoms with Gasteiger partial charge >= 0.3 is 0 Å². The lowest BCUT2D eigenvalue weighted by Crippen LogP contribution is -2.35. The lowest BCUT2D eigenvalue weighted by atomic mass is 9.86. The molecule has 2 N–H and O–H groups in total. The summed E-state index contributed by atoms with van der Waals surface area (Å²) in [5.41, 5.74) is 7.91. The van der Waals surface area contributed by atoms with E-state index in [9.17, 15) is 4.79 Å². The van der Waals surface area contributed by atoms with Gasteiger partial charge in [0.05, 0.1) is 11.6 Å². The normalized spacial score (nSPS) is 20.7. The van der Waals surface area contributed by atoms with Gasteiger partial charge in [-0.2, -0.15) is 0 Å². The van der Waals surface area contributed by atoms with Crippen LogP contribution < -0.4 is 5.73 Å². The quantitative estimate of drug-likeness (QED) is 0.947. The van der Waals surface area contributed by atoms with E-state index < -0.39 is 12.0 Å². The third-order valence-corrected chi connectivity index (χ3v) is 3.69. The van der Waals surface area contributed by atoms with Crippen LogP contribution in [-0.4, -0.2) is 17.7 Å². The molecule has 3 rings (SSSR count). The van der Waals surface area contributed by atoms with Crippen LogP contribution >= 0.6 is 11.6 Å². The zero-order valence-corrected chi connectivity index (χ0v) is 11.8. The Morgan fingerprint density at radius 2 is 1.76 bits per heavy atom. The SMILES string of the molecule is NC(=O)[C@H]1ON=C(c2ccc(Cl)cc2)[C@@H]1c1ccccc1. The molecular formula is C16H13ClN2O2. The highest BCUT2D eigenvalue weighted by Gasteiger charge is 2.39. The first kappa shape index (κ1) is 13.6. The van der Waals surface area contributed by atoms with Crippen molar-refractivity contribution in [2.75, 3.05) is 0 Å². The summed E-state index contributed by atoms with van der Waals surface area (Å²) in [5.74, 6) is -0.846. The van der Waals surface area contributed by atoms with Crippen molar-refractivity contribution in [2.45, 2.75) is 12.0 Å². The molecule has 0 unspecified atom stereocenters. The molecule has 0 saturated heterocycles. The Morgan fingerprint density at radius 1 is 1.10 bits per heavy atom. The second-order valence-corrected chi connectivity index (χ2v) is 5.24. The molecule has 0 aromatic heterocycles. The summed E-state index contributed by atoms with van der Waals surface area (Å²) in [6.45, 7) is 0. The average molecular weight is 301 g/mol. The van der Waals surface area contributed by atoms with Gasteiger partial charge in [0.2, 0.25) is 6.10 Å². The van der Waals surface area contributed by atoms with Crippen molar-refractivity contribution >= 4 is 23.2 Å². The fourth-order valence-electron chi connectivity index (χ4n) is 2.44. The molecule has 2 aromatic rings. The maximum Gasteiger partial charge on any atom is 0.262 e. The second kappa shape index (κ2) is 5.58. The van der Waals surface area contributed by atoms with Crippen LogP contribution in [-0.2, 0) is 9.63 Å². The Kier molecular flexibility index (Phi) is 3.62. The molecule has 4 nitrogen and oxygen atoms in total. The maximum atomic E-state index is 11.6. The van der Waals surface area contributed by atoms with Gasteiger partial charge in [0.15, 0.2) is 0 Å². The zero-order chi connectivity index (χ0) is 14.8. The molecule has 1 heterocycles. The Hall–Kier alpha value is -2.33. The van der Waals surface area contributed by atoms with E-state index in [0.717, 1.165) is 11.1 Å². The van der Waals surface area contributed by atoms with E-state index in [2.05, 4.69) is 5.16 Å². The minimum absolute atomic E-state index is 0.315. The van der Waals surface area contributed by atoms with Crippen molar-refractivity contribution < 1.29 is 9.63 Å². The number of hydrogen-bond donors (Lipinski definition) is 1. The topological polar surface area (TPSA) is 64.7 Å². The predicted molar refractivity (Wildman–Crippen MR) is 81.2 cm³/mol. The van der Waals surface area contributed by atoms with Crippen molar-refractivity contribution in [3.8, 4) is 0 Å². The number of primary amides is 1. The van der Waals surface area contributed by atoms with Crippen molar-refractivity contribution in [3.63, 3.8) is 0 Å². The minimum atomic E-state index is -0.793. The van der Waals surface area contributed by atoms with Crippen LogP contribution in [0.1, 0.15) is 17.0 Å². The summed E-state index contributed by atoms with van der Waals surface area (Å²) in [6, 6.07) is 16.8. The first-order chi connectivity index (χ1) is 10.2. The number of rotatable bonds is 3. The highest BCUT2D eigenvalue weighted by atomic mass is 35.5. The molecule has 0 radical (unpaired) electrons. The summed E-state index contributed by atoms with van der Waals surface area (Å²) in [5, 5.41) is 4.71. The fourth-order valence-corrected chi connectivity index (χ4v) is 2.56. The number of hydrogen-bond acceptors (Lipinski definition) is 3. The van der Waals surface area contributed by atoms with Crippen LogP contribution in [0.2, 0.25) is 5.02 Å². The van der Waals surface area contributed by atoms with Gasteiger partial charge in [0.1, 0.15) is 0 Å². The first-order valence-corrected chi connectivity index (χ1v) is 6.88. The lowest BCUT2D eigenvalue weighted by molar-refractivity contribution is -0.128. The molecule has 1 aliphatic rings. The molecule has 2 aromatic carbocycles. The highest BCUT2D eigenvalue weighted by molar-refractivity contribution is 6.30. The van der Waals surface area contributed by atoms with E-state index in [4.69, 9.17) is 22.2 Å². The highest BCUT2D eigenvalue weighted by Crippen LogP contribution is 2.32. The monoisotopic (exact) mass is 300 g/mol. The molecule has 21 heavy (non-hydrogen) atoms. The number of carbonyl (C=O) groups is 1. The summed E-state index contributed by atoms with van der Waals surface area (Å²) in [7, 11) is 0. The number of carbonyl (C=O) groups excluding carboxylic acids is 1. The summed E-state index contributed by atoms with van der Waals surface area (Å²) >= 11 is 5.91. The van der Waals surface area contributed by atoms with Gasteiger partial charge in [-0.1, -0.05) is 59.2 Å². The number of halogens is 1. The molecule has 2 atom stereocenters.